The Balaban J connectivity index is 3.62. The standard InChI is InChI=1S/C14H28N4O3/c1-14(2,3)21-13(19)18-9-7-5-6-8-17-10-11(15)12(16)20-4/h10H,5-9,15-16H2,1-4H3,(H,18,19). The van der Waals surface area contributed by atoms with Gasteiger partial charge >= 0.3 is 6.09 Å². The second-order valence-corrected chi connectivity index (χ2v) is 5.55. The zero-order valence-electron chi connectivity index (χ0n) is 13.4. The molecule has 0 saturated heterocycles. The first kappa shape index (κ1) is 19.1. The fourth-order valence-corrected chi connectivity index (χ4v) is 1.35. The Bertz CT molecular complexity index is 373. The number of nitrogens with two attached hydrogens (primary N) is 2. The Hall–Kier alpha value is -1.92. The Morgan fingerprint density at radius 2 is 1.90 bits per heavy atom. The van der Waals surface area contributed by atoms with E-state index in [9.17, 15) is 4.79 Å². The predicted octanol–water partition coefficient (Wildman–Crippen LogP) is 1.49. The van der Waals surface area contributed by atoms with Crippen LogP contribution in [0.5, 0.6) is 0 Å². The zero-order chi connectivity index (χ0) is 16.3. The van der Waals surface area contributed by atoms with Gasteiger partial charge in [0.15, 0.2) is 0 Å². The molecule has 7 nitrogen and oxygen atoms in total. The molecule has 122 valence electrons. The number of hydrogen-bond acceptors (Lipinski definition) is 6. The van der Waals surface area contributed by atoms with Crippen LogP contribution in [0, 0.1) is 0 Å². The third-order valence-electron chi connectivity index (χ3n) is 2.37. The summed E-state index contributed by atoms with van der Waals surface area (Å²) in [7, 11) is 1.45. The van der Waals surface area contributed by atoms with Crippen molar-refractivity contribution in [3.05, 3.63) is 11.6 Å². The summed E-state index contributed by atoms with van der Waals surface area (Å²) < 4.78 is 9.89. The molecular weight excluding hydrogens is 272 g/mol. The lowest BCUT2D eigenvalue weighted by Crippen LogP contribution is -2.32. The summed E-state index contributed by atoms with van der Waals surface area (Å²) in [6, 6.07) is 0. The van der Waals surface area contributed by atoms with Crippen LogP contribution in [0.2, 0.25) is 0 Å². The van der Waals surface area contributed by atoms with Gasteiger partial charge in [0.2, 0.25) is 5.88 Å². The first-order valence-corrected chi connectivity index (χ1v) is 7.02. The number of carbonyl (C=O) groups is 1. The molecule has 0 aliphatic heterocycles. The number of carbonyl (C=O) groups excluding carboxylic acids is 1. The van der Waals surface area contributed by atoms with E-state index in [1.165, 1.54) is 13.3 Å². The topological polar surface area (TPSA) is 112 Å². The Labute approximate surface area is 126 Å². The average molecular weight is 300 g/mol. The van der Waals surface area contributed by atoms with Crippen molar-refractivity contribution in [1.29, 1.82) is 0 Å². The summed E-state index contributed by atoms with van der Waals surface area (Å²) in [4.78, 5) is 15.5. The van der Waals surface area contributed by atoms with E-state index in [0.29, 0.717) is 18.8 Å². The van der Waals surface area contributed by atoms with E-state index in [2.05, 4.69) is 10.3 Å². The van der Waals surface area contributed by atoms with Gasteiger partial charge in [-0.3, -0.25) is 4.99 Å². The predicted molar refractivity (Wildman–Crippen MR) is 83.9 cm³/mol. The van der Waals surface area contributed by atoms with Crippen molar-refractivity contribution in [2.24, 2.45) is 16.5 Å². The van der Waals surface area contributed by atoms with Gasteiger partial charge in [-0.2, -0.15) is 0 Å². The number of nitrogens with zero attached hydrogens (tertiary/aromatic N) is 1. The van der Waals surface area contributed by atoms with Crippen LogP contribution in [0.25, 0.3) is 0 Å². The van der Waals surface area contributed by atoms with Crippen molar-refractivity contribution in [2.45, 2.75) is 45.6 Å². The van der Waals surface area contributed by atoms with Gasteiger partial charge in [-0.15, -0.1) is 0 Å². The van der Waals surface area contributed by atoms with Gasteiger partial charge in [-0.1, -0.05) is 0 Å². The number of nitrogens with one attached hydrogen (secondary N) is 1. The summed E-state index contributed by atoms with van der Waals surface area (Å²) in [5, 5.41) is 2.71. The fraction of sp³-hybridized carbons (Fsp3) is 0.714. The molecule has 0 aromatic heterocycles. The second-order valence-electron chi connectivity index (χ2n) is 5.55. The zero-order valence-corrected chi connectivity index (χ0v) is 13.4. The number of rotatable bonds is 8. The minimum Gasteiger partial charge on any atom is -0.481 e. The molecule has 0 aliphatic carbocycles. The molecule has 0 unspecified atom stereocenters. The fourth-order valence-electron chi connectivity index (χ4n) is 1.35. The molecule has 0 aromatic rings. The number of alkyl carbamates (subject to hydrolysis) is 1. The van der Waals surface area contributed by atoms with Crippen molar-refractivity contribution in [3.63, 3.8) is 0 Å². The molecule has 0 rings (SSSR count). The maximum atomic E-state index is 11.4. The smallest absolute Gasteiger partial charge is 0.407 e. The van der Waals surface area contributed by atoms with E-state index < -0.39 is 5.60 Å². The van der Waals surface area contributed by atoms with E-state index in [-0.39, 0.29) is 12.0 Å². The van der Waals surface area contributed by atoms with Gasteiger partial charge in [0, 0.05) is 19.3 Å². The molecule has 0 aromatic carbocycles. The van der Waals surface area contributed by atoms with Gasteiger partial charge in [-0.05, 0) is 40.0 Å². The highest BCUT2D eigenvalue weighted by molar-refractivity contribution is 5.77. The lowest BCUT2D eigenvalue weighted by molar-refractivity contribution is 0.0527. The molecule has 0 saturated carbocycles. The minimum atomic E-state index is -0.462. The van der Waals surface area contributed by atoms with Crippen molar-refractivity contribution >= 4 is 12.3 Å². The molecule has 0 aliphatic rings. The quantitative estimate of drug-likeness (QED) is 0.357. The van der Waals surface area contributed by atoms with Crippen LogP contribution in [-0.2, 0) is 9.47 Å². The number of methoxy groups -OCH3 is 1. The largest absolute Gasteiger partial charge is 0.481 e. The molecule has 21 heavy (non-hydrogen) atoms. The van der Waals surface area contributed by atoms with Crippen LogP contribution in [0.4, 0.5) is 4.79 Å². The molecule has 0 atom stereocenters. The first-order valence-electron chi connectivity index (χ1n) is 7.02. The number of aliphatic imine (C=N–C) groups is 1. The highest BCUT2D eigenvalue weighted by Gasteiger charge is 2.15. The van der Waals surface area contributed by atoms with Crippen molar-refractivity contribution in [3.8, 4) is 0 Å². The maximum absolute atomic E-state index is 11.4. The molecule has 0 fully saturated rings. The van der Waals surface area contributed by atoms with E-state index in [1.54, 1.807) is 0 Å². The van der Waals surface area contributed by atoms with Gasteiger partial charge in [0.25, 0.3) is 0 Å². The highest BCUT2D eigenvalue weighted by atomic mass is 16.6. The van der Waals surface area contributed by atoms with Crippen LogP contribution in [0.1, 0.15) is 40.0 Å². The monoisotopic (exact) mass is 300 g/mol. The van der Waals surface area contributed by atoms with Crippen molar-refractivity contribution in [2.75, 3.05) is 20.2 Å². The Morgan fingerprint density at radius 1 is 1.24 bits per heavy atom. The SMILES string of the molecule is COC(N)=C(N)C=NCCCCCNC(=O)OC(C)(C)C. The summed E-state index contributed by atoms with van der Waals surface area (Å²) in [5.41, 5.74) is 10.9. The molecule has 1 amide bonds. The average Bonchev–Trinajstić information content (AvgIpc) is 2.38. The highest BCUT2D eigenvalue weighted by Crippen LogP contribution is 2.06. The maximum Gasteiger partial charge on any atom is 0.407 e. The molecule has 0 radical (unpaired) electrons. The molecule has 0 bridgehead atoms. The Morgan fingerprint density at radius 3 is 2.48 bits per heavy atom. The van der Waals surface area contributed by atoms with Crippen molar-refractivity contribution < 1.29 is 14.3 Å². The molecule has 0 spiro atoms. The number of unbranched alkanes of at least 4 members (excludes halogenated alkanes) is 2. The van der Waals surface area contributed by atoms with Gasteiger partial charge < -0.3 is 26.3 Å². The second kappa shape index (κ2) is 9.90. The number of hydrogen-bond donors (Lipinski definition) is 3. The van der Waals surface area contributed by atoms with Crippen LogP contribution in [-0.4, -0.2) is 38.1 Å². The molecule has 0 heterocycles. The summed E-state index contributed by atoms with van der Waals surface area (Å²) in [6.07, 6.45) is 3.86. The summed E-state index contributed by atoms with van der Waals surface area (Å²) >= 11 is 0. The van der Waals surface area contributed by atoms with Crippen molar-refractivity contribution in [1.82, 2.24) is 5.32 Å². The lowest BCUT2D eigenvalue weighted by atomic mass is 10.2. The van der Waals surface area contributed by atoms with Crippen LogP contribution < -0.4 is 16.8 Å². The van der Waals surface area contributed by atoms with Crippen LogP contribution in [0.15, 0.2) is 16.6 Å². The molecular formula is C14H28N4O3. The van der Waals surface area contributed by atoms with E-state index in [0.717, 1.165) is 19.3 Å². The number of allylic oxidation sites excluding steroid dienone is 1. The van der Waals surface area contributed by atoms with Crippen LogP contribution >= 0.6 is 0 Å². The normalized spacial score (nSPS) is 13.0. The summed E-state index contributed by atoms with van der Waals surface area (Å²) in [5.74, 6) is 0.167. The molecule has 5 N–H and O–H groups in total. The van der Waals surface area contributed by atoms with Gasteiger partial charge in [0.1, 0.15) is 11.3 Å². The van der Waals surface area contributed by atoms with Crippen LogP contribution in [0.3, 0.4) is 0 Å². The van der Waals surface area contributed by atoms with E-state index in [4.69, 9.17) is 20.9 Å². The van der Waals surface area contributed by atoms with Gasteiger partial charge in [0.05, 0.1) is 7.11 Å². The minimum absolute atomic E-state index is 0.167. The summed E-state index contributed by atoms with van der Waals surface area (Å²) in [6.45, 7) is 6.75. The lowest BCUT2D eigenvalue weighted by Gasteiger charge is -2.19. The Kier molecular flexibility index (Phi) is 9.00. The third-order valence-corrected chi connectivity index (χ3v) is 2.37. The number of ether oxygens (including phenoxy) is 2. The number of amides is 1. The van der Waals surface area contributed by atoms with E-state index in [1.807, 2.05) is 20.8 Å². The van der Waals surface area contributed by atoms with Gasteiger partial charge in [-0.25, -0.2) is 4.79 Å². The van der Waals surface area contributed by atoms with E-state index >= 15 is 0 Å². The first-order chi connectivity index (χ1) is 9.76. The molecule has 7 heteroatoms. The third kappa shape index (κ3) is 11.6.